The molecule has 1 aromatic carbocycles. The van der Waals surface area contributed by atoms with Gasteiger partial charge in [-0.1, -0.05) is 6.92 Å². The summed E-state index contributed by atoms with van der Waals surface area (Å²) in [4.78, 5) is 20.2. The first-order valence-corrected chi connectivity index (χ1v) is 10.7. The van der Waals surface area contributed by atoms with Crippen LogP contribution in [0.15, 0.2) is 29.1 Å². The molecule has 3 aromatic rings. The molecule has 0 N–H and O–H groups in total. The molecule has 1 unspecified atom stereocenters. The van der Waals surface area contributed by atoms with Gasteiger partial charge in [0.05, 0.1) is 19.1 Å². The molecule has 148 valence electrons. The topological polar surface area (TPSA) is 53.4 Å². The number of methoxy groups -OCH3 is 1. The van der Waals surface area contributed by atoms with Crippen molar-refractivity contribution in [2.75, 3.05) is 13.7 Å². The highest BCUT2D eigenvalue weighted by atomic mass is 32.1. The lowest BCUT2D eigenvalue weighted by Gasteiger charge is -2.17. The monoisotopic (exact) mass is 398 g/mol. The summed E-state index contributed by atoms with van der Waals surface area (Å²) in [6.07, 6.45) is 3.98. The number of ether oxygens (including phenoxy) is 2. The third-order valence-electron chi connectivity index (χ3n) is 5.46. The second-order valence-electron chi connectivity index (χ2n) is 7.53. The molecule has 0 fully saturated rings. The van der Waals surface area contributed by atoms with Crippen LogP contribution in [0.5, 0.6) is 11.5 Å². The van der Waals surface area contributed by atoms with Crippen molar-refractivity contribution in [2.24, 2.45) is 5.92 Å². The quantitative estimate of drug-likeness (QED) is 0.579. The van der Waals surface area contributed by atoms with Gasteiger partial charge in [0.15, 0.2) is 0 Å². The lowest BCUT2D eigenvalue weighted by atomic mass is 9.89. The van der Waals surface area contributed by atoms with Crippen LogP contribution in [0.2, 0.25) is 0 Å². The number of aryl methyl sites for hydroxylation is 2. The Morgan fingerprint density at radius 3 is 2.75 bits per heavy atom. The van der Waals surface area contributed by atoms with Gasteiger partial charge >= 0.3 is 0 Å². The Balaban J connectivity index is 1.48. The lowest BCUT2D eigenvalue weighted by Crippen LogP contribution is -2.25. The number of aromatic nitrogens is 2. The van der Waals surface area contributed by atoms with Gasteiger partial charge in [-0.2, -0.15) is 0 Å². The van der Waals surface area contributed by atoms with Crippen molar-refractivity contribution in [3.63, 3.8) is 0 Å². The Morgan fingerprint density at radius 1 is 1.25 bits per heavy atom. The molecule has 4 rings (SSSR count). The second-order valence-corrected chi connectivity index (χ2v) is 8.61. The maximum Gasteiger partial charge on any atom is 0.262 e. The van der Waals surface area contributed by atoms with Gasteiger partial charge in [-0.15, -0.1) is 11.3 Å². The van der Waals surface area contributed by atoms with E-state index in [-0.39, 0.29) is 5.56 Å². The van der Waals surface area contributed by atoms with Crippen molar-refractivity contribution in [1.82, 2.24) is 9.55 Å². The van der Waals surface area contributed by atoms with Gasteiger partial charge in [0.2, 0.25) is 0 Å². The van der Waals surface area contributed by atoms with Crippen LogP contribution < -0.4 is 15.0 Å². The number of hydrogen-bond acceptors (Lipinski definition) is 5. The van der Waals surface area contributed by atoms with Crippen LogP contribution in [0.1, 0.15) is 36.0 Å². The van der Waals surface area contributed by atoms with Crippen molar-refractivity contribution in [2.45, 2.75) is 46.1 Å². The Bertz CT molecular complexity index is 1040. The number of thiophene rings is 1. The SMILES string of the molecule is COc1ccc(OCCCn2c(C)nc3sc4c(c3c2=O)CCC(C)C4)cc1. The Labute approximate surface area is 168 Å². The molecule has 2 heterocycles. The summed E-state index contributed by atoms with van der Waals surface area (Å²) in [6, 6.07) is 7.54. The summed E-state index contributed by atoms with van der Waals surface area (Å²) < 4.78 is 12.8. The Kier molecular flexibility index (Phi) is 5.40. The van der Waals surface area contributed by atoms with Crippen LogP contribution in [0.3, 0.4) is 0 Å². The third-order valence-corrected chi connectivity index (χ3v) is 6.61. The molecule has 0 aliphatic heterocycles. The van der Waals surface area contributed by atoms with Crippen molar-refractivity contribution >= 4 is 21.6 Å². The van der Waals surface area contributed by atoms with Gasteiger partial charge in [0.1, 0.15) is 22.2 Å². The fourth-order valence-corrected chi connectivity index (χ4v) is 5.29. The van der Waals surface area contributed by atoms with E-state index in [9.17, 15) is 4.79 Å². The first-order valence-electron chi connectivity index (χ1n) is 9.85. The van der Waals surface area contributed by atoms with E-state index in [0.717, 1.165) is 53.2 Å². The zero-order valence-corrected chi connectivity index (χ0v) is 17.5. The maximum atomic E-state index is 13.2. The summed E-state index contributed by atoms with van der Waals surface area (Å²) in [6.45, 7) is 5.37. The highest BCUT2D eigenvalue weighted by Crippen LogP contribution is 2.35. The van der Waals surface area contributed by atoms with Gasteiger partial charge in [-0.25, -0.2) is 4.98 Å². The van der Waals surface area contributed by atoms with Crippen LogP contribution >= 0.6 is 11.3 Å². The summed E-state index contributed by atoms with van der Waals surface area (Å²) >= 11 is 1.71. The van der Waals surface area contributed by atoms with Crippen LogP contribution in [-0.2, 0) is 19.4 Å². The minimum atomic E-state index is 0.110. The van der Waals surface area contributed by atoms with Crippen molar-refractivity contribution in [3.05, 3.63) is 50.9 Å². The third kappa shape index (κ3) is 3.65. The summed E-state index contributed by atoms with van der Waals surface area (Å²) in [7, 11) is 1.64. The first-order chi connectivity index (χ1) is 13.6. The van der Waals surface area contributed by atoms with Gasteiger partial charge in [0.25, 0.3) is 5.56 Å². The average Bonchev–Trinajstić information content (AvgIpc) is 3.04. The molecule has 6 heteroatoms. The minimum absolute atomic E-state index is 0.110. The first kappa shape index (κ1) is 19.0. The predicted molar refractivity (Wildman–Crippen MR) is 113 cm³/mol. The molecule has 1 aliphatic carbocycles. The van der Waals surface area contributed by atoms with E-state index in [4.69, 9.17) is 14.5 Å². The Morgan fingerprint density at radius 2 is 2.00 bits per heavy atom. The zero-order valence-electron chi connectivity index (χ0n) is 16.7. The molecule has 28 heavy (non-hydrogen) atoms. The lowest BCUT2D eigenvalue weighted by molar-refractivity contribution is 0.299. The molecule has 5 nitrogen and oxygen atoms in total. The molecule has 0 radical (unpaired) electrons. The maximum absolute atomic E-state index is 13.2. The van der Waals surface area contributed by atoms with Gasteiger partial charge < -0.3 is 9.47 Å². The number of fused-ring (bicyclic) bond motifs is 3. The highest BCUT2D eigenvalue weighted by Gasteiger charge is 2.23. The fourth-order valence-electron chi connectivity index (χ4n) is 3.87. The molecule has 0 spiro atoms. The predicted octanol–water partition coefficient (Wildman–Crippen LogP) is 4.37. The van der Waals surface area contributed by atoms with E-state index in [0.29, 0.717) is 19.1 Å². The van der Waals surface area contributed by atoms with E-state index >= 15 is 0 Å². The number of nitrogens with zero attached hydrogens (tertiary/aromatic N) is 2. The number of benzene rings is 1. The summed E-state index contributed by atoms with van der Waals surface area (Å²) in [5.41, 5.74) is 1.36. The molecule has 0 saturated carbocycles. The van der Waals surface area contributed by atoms with Crippen molar-refractivity contribution in [3.8, 4) is 11.5 Å². The number of hydrogen-bond donors (Lipinski definition) is 0. The fraction of sp³-hybridized carbons (Fsp3) is 0.455. The van der Waals surface area contributed by atoms with Crippen molar-refractivity contribution < 1.29 is 9.47 Å². The van der Waals surface area contributed by atoms with Crippen LogP contribution in [0, 0.1) is 12.8 Å². The standard InChI is InChI=1S/C22H26N2O3S/c1-14-5-10-18-19(13-14)28-21-20(18)22(25)24(15(2)23-21)11-4-12-27-17-8-6-16(26-3)7-9-17/h6-9,14H,4-5,10-13H2,1-3H3. The summed E-state index contributed by atoms with van der Waals surface area (Å²) in [5, 5.41) is 0.855. The minimum Gasteiger partial charge on any atom is -0.497 e. The molecule has 2 aromatic heterocycles. The van der Waals surface area contributed by atoms with E-state index in [1.807, 2.05) is 35.8 Å². The average molecular weight is 399 g/mol. The zero-order chi connectivity index (χ0) is 19.7. The van der Waals surface area contributed by atoms with E-state index in [1.54, 1.807) is 18.4 Å². The number of rotatable bonds is 6. The van der Waals surface area contributed by atoms with Crippen LogP contribution in [0.4, 0.5) is 0 Å². The van der Waals surface area contributed by atoms with Gasteiger partial charge in [-0.3, -0.25) is 9.36 Å². The Hall–Kier alpha value is -2.34. The molecule has 0 amide bonds. The normalized spacial score (nSPS) is 16.2. The summed E-state index contributed by atoms with van der Waals surface area (Å²) in [5.74, 6) is 3.09. The largest absolute Gasteiger partial charge is 0.497 e. The molecular weight excluding hydrogens is 372 g/mol. The molecule has 0 saturated heterocycles. The van der Waals surface area contributed by atoms with Crippen LogP contribution in [-0.4, -0.2) is 23.3 Å². The second kappa shape index (κ2) is 7.95. The molecular formula is C22H26N2O3S. The van der Waals surface area contributed by atoms with E-state index in [1.165, 1.54) is 10.4 Å². The molecule has 1 atom stereocenters. The van der Waals surface area contributed by atoms with Gasteiger partial charge in [0, 0.05) is 11.4 Å². The van der Waals surface area contributed by atoms with Gasteiger partial charge in [-0.05, 0) is 68.4 Å². The molecule has 1 aliphatic rings. The van der Waals surface area contributed by atoms with E-state index in [2.05, 4.69) is 6.92 Å². The van der Waals surface area contributed by atoms with Crippen LogP contribution in [0.25, 0.3) is 10.2 Å². The smallest absolute Gasteiger partial charge is 0.262 e. The van der Waals surface area contributed by atoms with E-state index < -0.39 is 0 Å². The highest BCUT2D eigenvalue weighted by molar-refractivity contribution is 7.18. The molecule has 0 bridgehead atoms. The van der Waals surface area contributed by atoms with Crippen molar-refractivity contribution in [1.29, 1.82) is 0 Å².